The molecule has 0 amide bonds. The molecule has 4 nitrogen and oxygen atoms in total. The van der Waals surface area contributed by atoms with Crippen molar-refractivity contribution in [3.05, 3.63) is 42.3 Å². The maximum Gasteiger partial charge on any atom is 0.226 e. The molecule has 0 radical (unpaired) electrons. The molecular weight excluding hydrogens is 288 g/mol. The largest absolute Gasteiger partial charge is 0.444 e. The lowest BCUT2D eigenvalue weighted by atomic mass is 9.72. The second-order valence-corrected chi connectivity index (χ2v) is 6.65. The smallest absolute Gasteiger partial charge is 0.226 e. The lowest BCUT2D eigenvalue weighted by Gasteiger charge is -2.37. The third kappa shape index (κ3) is 4.21. The number of hydrogen-bond acceptors (Lipinski definition) is 4. The Bertz CT molecular complexity index is 583. The van der Waals surface area contributed by atoms with Crippen molar-refractivity contribution in [1.29, 1.82) is 0 Å². The molecule has 1 aromatic carbocycles. The summed E-state index contributed by atoms with van der Waals surface area (Å²) in [5, 5.41) is 12.9. The first-order chi connectivity index (χ1) is 11.3. The minimum Gasteiger partial charge on any atom is -0.444 e. The minimum atomic E-state index is 0.263. The Balaban J connectivity index is 1.55. The van der Waals surface area contributed by atoms with Gasteiger partial charge in [-0.05, 0) is 36.8 Å². The Kier molecular flexibility index (Phi) is 5.47. The SMILES string of the molecule is OCCC1(CNCc2coc(-c3ccccc3)n2)CCCCC1. The van der Waals surface area contributed by atoms with E-state index < -0.39 is 0 Å². The van der Waals surface area contributed by atoms with Gasteiger partial charge in [-0.1, -0.05) is 37.5 Å². The molecule has 0 unspecified atom stereocenters. The van der Waals surface area contributed by atoms with Gasteiger partial charge in [0.15, 0.2) is 0 Å². The van der Waals surface area contributed by atoms with Gasteiger partial charge in [0.2, 0.25) is 5.89 Å². The summed E-state index contributed by atoms with van der Waals surface area (Å²) < 4.78 is 5.57. The topological polar surface area (TPSA) is 58.3 Å². The van der Waals surface area contributed by atoms with Gasteiger partial charge in [0.25, 0.3) is 0 Å². The van der Waals surface area contributed by atoms with Gasteiger partial charge in [-0.25, -0.2) is 4.98 Å². The van der Waals surface area contributed by atoms with Crippen LogP contribution >= 0.6 is 0 Å². The van der Waals surface area contributed by atoms with E-state index in [0.717, 1.165) is 24.2 Å². The third-order valence-corrected chi connectivity index (χ3v) is 4.93. The molecule has 3 rings (SSSR count). The Morgan fingerprint density at radius 1 is 1.13 bits per heavy atom. The molecule has 1 saturated carbocycles. The van der Waals surface area contributed by atoms with Crippen LogP contribution in [0.2, 0.25) is 0 Å². The summed E-state index contributed by atoms with van der Waals surface area (Å²) in [4.78, 5) is 4.55. The number of aliphatic hydroxyl groups is 1. The van der Waals surface area contributed by atoms with Crippen LogP contribution in [0.5, 0.6) is 0 Å². The zero-order chi connectivity index (χ0) is 16.0. The van der Waals surface area contributed by atoms with Crippen molar-refractivity contribution in [3.63, 3.8) is 0 Å². The van der Waals surface area contributed by atoms with Gasteiger partial charge in [-0.3, -0.25) is 0 Å². The van der Waals surface area contributed by atoms with Crippen LogP contribution in [0.3, 0.4) is 0 Å². The highest BCUT2D eigenvalue weighted by Gasteiger charge is 2.30. The van der Waals surface area contributed by atoms with Crippen LogP contribution in [0, 0.1) is 5.41 Å². The van der Waals surface area contributed by atoms with Gasteiger partial charge in [0.05, 0.1) is 5.69 Å². The molecule has 1 aliphatic rings. The summed E-state index contributed by atoms with van der Waals surface area (Å²) in [5.41, 5.74) is 2.19. The zero-order valence-corrected chi connectivity index (χ0v) is 13.6. The Morgan fingerprint density at radius 2 is 1.91 bits per heavy atom. The number of nitrogens with one attached hydrogen (secondary N) is 1. The molecule has 1 heterocycles. The van der Waals surface area contributed by atoms with Gasteiger partial charge in [0.1, 0.15) is 6.26 Å². The van der Waals surface area contributed by atoms with E-state index in [9.17, 15) is 5.11 Å². The molecule has 1 fully saturated rings. The molecule has 23 heavy (non-hydrogen) atoms. The van der Waals surface area contributed by atoms with Gasteiger partial charge in [-0.2, -0.15) is 0 Å². The van der Waals surface area contributed by atoms with Crippen LogP contribution in [-0.2, 0) is 6.54 Å². The summed E-state index contributed by atoms with van der Waals surface area (Å²) in [6.07, 6.45) is 8.96. The van der Waals surface area contributed by atoms with Crippen molar-refractivity contribution < 1.29 is 9.52 Å². The van der Waals surface area contributed by atoms with Crippen molar-refractivity contribution in [2.24, 2.45) is 5.41 Å². The van der Waals surface area contributed by atoms with E-state index in [0.29, 0.717) is 12.4 Å². The Labute approximate surface area is 137 Å². The summed E-state index contributed by atoms with van der Waals surface area (Å²) in [6.45, 7) is 1.94. The molecule has 2 N–H and O–H groups in total. The van der Waals surface area contributed by atoms with E-state index in [-0.39, 0.29) is 12.0 Å². The predicted octanol–water partition coefficient (Wildman–Crippen LogP) is 3.76. The van der Waals surface area contributed by atoms with Gasteiger partial charge < -0.3 is 14.8 Å². The molecule has 4 heteroatoms. The normalized spacial score (nSPS) is 17.3. The highest BCUT2D eigenvalue weighted by atomic mass is 16.3. The highest BCUT2D eigenvalue weighted by Crippen LogP contribution is 2.38. The van der Waals surface area contributed by atoms with Crippen molar-refractivity contribution in [2.75, 3.05) is 13.2 Å². The summed E-state index contributed by atoms with van der Waals surface area (Å²) in [6, 6.07) is 9.96. The number of nitrogens with zero attached hydrogens (tertiary/aromatic N) is 1. The van der Waals surface area contributed by atoms with Crippen molar-refractivity contribution >= 4 is 0 Å². The molecule has 0 saturated heterocycles. The molecule has 0 aliphatic heterocycles. The summed E-state index contributed by atoms with van der Waals surface area (Å²) >= 11 is 0. The molecule has 1 aliphatic carbocycles. The van der Waals surface area contributed by atoms with E-state index in [1.807, 2.05) is 30.3 Å². The number of hydrogen-bond donors (Lipinski definition) is 2. The van der Waals surface area contributed by atoms with E-state index in [1.165, 1.54) is 32.1 Å². The first-order valence-corrected chi connectivity index (χ1v) is 8.63. The maximum absolute atomic E-state index is 9.37. The number of benzene rings is 1. The van der Waals surface area contributed by atoms with Crippen LogP contribution in [0.1, 0.15) is 44.2 Å². The fraction of sp³-hybridized carbons (Fsp3) is 0.526. The fourth-order valence-electron chi connectivity index (χ4n) is 3.61. The number of oxazole rings is 1. The Morgan fingerprint density at radius 3 is 2.65 bits per heavy atom. The fourth-order valence-corrected chi connectivity index (χ4v) is 3.61. The molecular formula is C19H26N2O2. The van der Waals surface area contributed by atoms with E-state index in [1.54, 1.807) is 6.26 Å². The summed E-state index contributed by atoms with van der Waals surface area (Å²) in [7, 11) is 0. The molecule has 124 valence electrons. The van der Waals surface area contributed by atoms with Gasteiger partial charge in [-0.15, -0.1) is 0 Å². The van der Waals surface area contributed by atoms with Crippen LogP contribution in [0.4, 0.5) is 0 Å². The lowest BCUT2D eigenvalue weighted by Crippen LogP contribution is -2.36. The average Bonchev–Trinajstić information content (AvgIpc) is 3.06. The van der Waals surface area contributed by atoms with Gasteiger partial charge >= 0.3 is 0 Å². The van der Waals surface area contributed by atoms with Crippen LogP contribution in [-0.4, -0.2) is 23.2 Å². The predicted molar refractivity (Wildman–Crippen MR) is 90.9 cm³/mol. The zero-order valence-electron chi connectivity index (χ0n) is 13.6. The van der Waals surface area contributed by atoms with Crippen molar-refractivity contribution in [2.45, 2.75) is 45.1 Å². The van der Waals surface area contributed by atoms with Crippen molar-refractivity contribution in [3.8, 4) is 11.5 Å². The monoisotopic (exact) mass is 314 g/mol. The second-order valence-electron chi connectivity index (χ2n) is 6.65. The number of rotatable bonds is 7. The maximum atomic E-state index is 9.37. The summed E-state index contributed by atoms with van der Waals surface area (Å²) in [5.74, 6) is 0.671. The minimum absolute atomic E-state index is 0.263. The Hall–Kier alpha value is -1.65. The molecule has 0 atom stereocenters. The molecule has 0 bridgehead atoms. The highest BCUT2D eigenvalue weighted by molar-refractivity contribution is 5.52. The first kappa shape index (κ1) is 16.2. The van der Waals surface area contributed by atoms with E-state index in [4.69, 9.17) is 4.42 Å². The quantitative estimate of drug-likeness (QED) is 0.817. The second kappa shape index (κ2) is 7.75. The molecule has 0 spiro atoms. The van der Waals surface area contributed by atoms with Crippen molar-refractivity contribution in [1.82, 2.24) is 10.3 Å². The van der Waals surface area contributed by atoms with Gasteiger partial charge in [0, 0.05) is 25.3 Å². The first-order valence-electron chi connectivity index (χ1n) is 8.63. The number of aliphatic hydroxyl groups excluding tert-OH is 1. The van der Waals surface area contributed by atoms with E-state index in [2.05, 4.69) is 10.3 Å². The molecule has 2 aromatic rings. The average molecular weight is 314 g/mol. The third-order valence-electron chi connectivity index (χ3n) is 4.93. The van der Waals surface area contributed by atoms with Crippen LogP contribution < -0.4 is 5.32 Å². The van der Waals surface area contributed by atoms with E-state index >= 15 is 0 Å². The number of aromatic nitrogens is 1. The van der Waals surface area contributed by atoms with Crippen LogP contribution in [0.15, 0.2) is 41.0 Å². The lowest BCUT2D eigenvalue weighted by molar-refractivity contribution is 0.126. The van der Waals surface area contributed by atoms with Crippen LogP contribution in [0.25, 0.3) is 11.5 Å². The standard InChI is InChI=1S/C19H26N2O2/c22-12-11-19(9-5-2-6-10-19)15-20-13-17-14-23-18(21-17)16-7-3-1-4-8-16/h1,3-4,7-8,14,20,22H,2,5-6,9-13,15H2. The molecule has 1 aromatic heterocycles.